The first kappa shape index (κ1) is 25.6. The smallest absolute Gasteiger partial charge is 0.340 e. The molecule has 2 heterocycles. The third-order valence-corrected chi connectivity index (χ3v) is 6.28. The molecule has 190 valence electrons. The van der Waals surface area contributed by atoms with Crippen molar-refractivity contribution in [1.29, 1.82) is 0 Å². The summed E-state index contributed by atoms with van der Waals surface area (Å²) in [6.07, 6.45) is 1.67. The van der Waals surface area contributed by atoms with Gasteiger partial charge in [-0.25, -0.2) is 14.0 Å². The molecule has 0 saturated heterocycles. The number of amides is 1. The molecule has 0 spiro atoms. The maximum atomic E-state index is 13.7. The van der Waals surface area contributed by atoms with E-state index in [0.29, 0.717) is 16.9 Å². The third kappa shape index (κ3) is 4.70. The molecule has 0 saturated carbocycles. The molecule has 0 bridgehead atoms. The topological polar surface area (TPSA) is 77.8 Å². The van der Waals surface area contributed by atoms with E-state index in [1.165, 1.54) is 24.1 Å². The van der Waals surface area contributed by atoms with Crippen LogP contribution >= 0.6 is 0 Å². The average molecular weight is 503 g/mol. The molecule has 0 radical (unpaired) electrons. The molecule has 1 aliphatic heterocycles. The van der Waals surface area contributed by atoms with E-state index < -0.39 is 17.8 Å². The molecule has 2 aromatic carbocycles. The Bertz CT molecular complexity index is 1450. The lowest BCUT2D eigenvalue weighted by Crippen LogP contribution is -2.24. The van der Waals surface area contributed by atoms with E-state index in [4.69, 9.17) is 9.47 Å². The normalized spacial score (nSPS) is 14.5. The molecule has 3 aromatic rings. The number of hydrogen-bond donors (Lipinski definition) is 0. The van der Waals surface area contributed by atoms with Crippen LogP contribution in [0.25, 0.3) is 11.8 Å². The Morgan fingerprint density at radius 1 is 0.946 bits per heavy atom. The Kier molecular flexibility index (Phi) is 7.11. The maximum Gasteiger partial charge on any atom is 0.340 e. The highest BCUT2D eigenvalue weighted by atomic mass is 19.1. The zero-order valence-electron chi connectivity index (χ0n) is 21.3. The monoisotopic (exact) mass is 502 g/mol. The molecule has 1 amide bonds. The molecule has 0 unspecified atom stereocenters. The van der Waals surface area contributed by atoms with Crippen molar-refractivity contribution >= 4 is 29.6 Å². The van der Waals surface area contributed by atoms with E-state index >= 15 is 0 Å². The van der Waals surface area contributed by atoms with Gasteiger partial charge in [-0.2, -0.15) is 0 Å². The van der Waals surface area contributed by atoms with Gasteiger partial charge < -0.3 is 14.0 Å². The zero-order chi connectivity index (χ0) is 26.9. The largest absolute Gasteiger partial charge is 0.465 e. The van der Waals surface area contributed by atoms with Gasteiger partial charge in [0.2, 0.25) is 0 Å². The van der Waals surface area contributed by atoms with E-state index in [-0.39, 0.29) is 23.6 Å². The second-order valence-electron chi connectivity index (χ2n) is 8.56. The predicted molar refractivity (Wildman–Crippen MR) is 138 cm³/mol. The fraction of sp³-hybridized carbons (Fsp3) is 0.207. The zero-order valence-corrected chi connectivity index (χ0v) is 21.3. The number of carbonyl (C=O) groups is 3. The van der Waals surface area contributed by atoms with Crippen LogP contribution in [0.15, 0.2) is 71.4 Å². The van der Waals surface area contributed by atoms with Crippen LogP contribution in [0.2, 0.25) is 0 Å². The van der Waals surface area contributed by atoms with Crippen molar-refractivity contribution in [2.75, 3.05) is 18.6 Å². The number of benzene rings is 2. The Morgan fingerprint density at radius 2 is 1.57 bits per heavy atom. The van der Waals surface area contributed by atoms with Crippen molar-refractivity contribution in [2.24, 2.45) is 0 Å². The average Bonchev–Trinajstić information content (AvgIpc) is 3.30. The van der Waals surface area contributed by atoms with Gasteiger partial charge in [0.25, 0.3) is 5.91 Å². The van der Waals surface area contributed by atoms with Gasteiger partial charge in [-0.3, -0.25) is 9.69 Å². The molecule has 8 heteroatoms. The number of aryl methyl sites for hydroxylation is 1. The standard InChI is InChI=1S/C29H27FN2O5/c1-6-37-28(34)20-7-11-24(12-8-20)32-19(4)26(29(35)36-5)25(27(32)33)16-21-15-17(2)31(18(21)3)23-13-9-22(30)10-14-23/h7-16H,6H2,1-5H3. The summed E-state index contributed by atoms with van der Waals surface area (Å²) in [6, 6.07) is 14.4. The van der Waals surface area contributed by atoms with Crippen molar-refractivity contribution in [3.8, 4) is 5.69 Å². The number of allylic oxidation sites excluding steroid dienone is 1. The fourth-order valence-corrected chi connectivity index (χ4v) is 4.53. The van der Waals surface area contributed by atoms with E-state index in [2.05, 4.69) is 0 Å². The second-order valence-corrected chi connectivity index (χ2v) is 8.56. The van der Waals surface area contributed by atoms with Crippen LogP contribution < -0.4 is 4.90 Å². The number of hydrogen-bond acceptors (Lipinski definition) is 5. The van der Waals surface area contributed by atoms with E-state index in [9.17, 15) is 18.8 Å². The van der Waals surface area contributed by atoms with E-state index in [0.717, 1.165) is 22.6 Å². The first-order valence-corrected chi connectivity index (χ1v) is 11.8. The van der Waals surface area contributed by atoms with Gasteiger partial charge >= 0.3 is 11.9 Å². The summed E-state index contributed by atoms with van der Waals surface area (Å²) in [5.41, 5.74) is 4.84. The summed E-state index contributed by atoms with van der Waals surface area (Å²) in [6.45, 7) is 7.46. The highest BCUT2D eigenvalue weighted by Gasteiger charge is 2.38. The molecule has 0 aliphatic carbocycles. The molecular weight excluding hydrogens is 475 g/mol. The van der Waals surface area contributed by atoms with Crippen LogP contribution in [0.4, 0.5) is 10.1 Å². The number of carbonyl (C=O) groups excluding carboxylic acids is 3. The quantitative estimate of drug-likeness (QED) is 0.338. The number of aromatic nitrogens is 1. The number of anilines is 1. The Balaban J connectivity index is 1.77. The van der Waals surface area contributed by atoms with Crippen LogP contribution in [0.1, 0.15) is 41.2 Å². The Morgan fingerprint density at radius 3 is 2.16 bits per heavy atom. The van der Waals surface area contributed by atoms with Crippen LogP contribution in [-0.2, 0) is 19.1 Å². The molecule has 7 nitrogen and oxygen atoms in total. The summed E-state index contributed by atoms with van der Waals surface area (Å²) < 4.78 is 25.4. The second kappa shape index (κ2) is 10.3. The van der Waals surface area contributed by atoms with E-state index in [1.54, 1.807) is 56.3 Å². The lowest BCUT2D eigenvalue weighted by molar-refractivity contribution is -0.136. The van der Waals surface area contributed by atoms with Gasteiger partial charge in [0.15, 0.2) is 0 Å². The predicted octanol–water partition coefficient (Wildman–Crippen LogP) is 5.29. The van der Waals surface area contributed by atoms with Gasteiger partial charge in [-0.15, -0.1) is 0 Å². The minimum atomic E-state index is -0.630. The number of rotatable bonds is 6. The van der Waals surface area contributed by atoms with Crippen molar-refractivity contribution < 1.29 is 28.2 Å². The van der Waals surface area contributed by atoms with Crippen molar-refractivity contribution in [3.63, 3.8) is 0 Å². The maximum absolute atomic E-state index is 13.7. The highest BCUT2D eigenvalue weighted by Crippen LogP contribution is 2.36. The SMILES string of the molecule is CCOC(=O)c1ccc(N2C(=O)C(=Cc3cc(C)n(-c4ccc(F)cc4)c3C)C(C(=O)OC)=C2C)cc1. The Labute approximate surface area is 214 Å². The van der Waals surface area contributed by atoms with Crippen molar-refractivity contribution in [1.82, 2.24) is 4.57 Å². The summed E-state index contributed by atoms with van der Waals surface area (Å²) >= 11 is 0. The third-order valence-electron chi connectivity index (χ3n) is 6.28. The summed E-state index contributed by atoms with van der Waals surface area (Å²) in [4.78, 5) is 39.9. The summed E-state index contributed by atoms with van der Waals surface area (Å²) in [5, 5.41) is 0. The Hall–Kier alpha value is -4.46. The molecule has 0 N–H and O–H groups in total. The lowest BCUT2D eigenvalue weighted by atomic mass is 10.0. The van der Waals surface area contributed by atoms with Crippen LogP contribution in [0, 0.1) is 19.7 Å². The van der Waals surface area contributed by atoms with Crippen LogP contribution in [0.3, 0.4) is 0 Å². The molecule has 1 aliphatic rings. The van der Waals surface area contributed by atoms with Crippen molar-refractivity contribution in [3.05, 3.63) is 99.8 Å². The first-order chi connectivity index (χ1) is 17.7. The van der Waals surface area contributed by atoms with Gasteiger partial charge in [0.05, 0.1) is 30.4 Å². The number of esters is 2. The van der Waals surface area contributed by atoms with E-state index in [1.807, 2.05) is 24.5 Å². The number of halogens is 1. The number of ether oxygens (including phenoxy) is 2. The van der Waals surface area contributed by atoms with Gasteiger partial charge in [0.1, 0.15) is 5.82 Å². The van der Waals surface area contributed by atoms with Crippen LogP contribution in [0.5, 0.6) is 0 Å². The molecule has 0 fully saturated rings. The lowest BCUT2D eigenvalue weighted by Gasteiger charge is -2.18. The molecule has 37 heavy (non-hydrogen) atoms. The van der Waals surface area contributed by atoms with Gasteiger partial charge in [-0.1, -0.05) is 0 Å². The summed E-state index contributed by atoms with van der Waals surface area (Å²) in [7, 11) is 1.27. The van der Waals surface area contributed by atoms with Gasteiger partial charge in [-0.05, 0) is 93.9 Å². The number of nitrogens with zero attached hydrogens (tertiary/aromatic N) is 2. The van der Waals surface area contributed by atoms with Gasteiger partial charge in [0, 0.05) is 28.5 Å². The minimum Gasteiger partial charge on any atom is -0.465 e. The highest BCUT2D eigenvalue weighted by molar-refractivity contribution is 6.24. The first-order valence-electron chi connectivity index (χ1n) is 11.8. The molecular formula is C29H27FN2O5. The number of methoxy groups -OCH3 is 1. The molecule has 0 atom stereocenters. The minimum absolute atomic E-state index is 0.161. The molecule has 1 aromatic heterocycles. The fourth-order valence-electron chi connectivity index (χ4n) is 4.53. The van der Waals surface area contributed by atoms with Crippen molar-refractivity contribution in [2.45, 2.75) is 27.7 Å². The van der Waals surface area contributed by atoms with Crippen LogP contribution in [-0.4, -0.2) is 36.1 Å². The molecule has 4 rings (SSSR count). The summed E-state index contributed by atoms with van der Waals surface area (Å²) in [5.74, 6) is -1.81.